The van der Waals surface area contributed by atoms with Gasteiger partial charge < -0.3 is 4.74 Å². The molecular formula is C17H19BrN6O. The first-order chi connectivity index (χ1) is 11.7. The van der Waals surface area contributed by atoms with E-state index in [4.69, 9.17) is 4.74 Å². The van der Waals surface area contributed by atoms with Gasteiger partial charge in [-0.2, -0.15) is 10.4 Å². The first kappa shape index (κ1) is 17.4. The molecule has 0 saturated heterocycles. The van der Waals surface area contributed by atoms with Gasteiger partial charge in [0.05, 0.1) is 15.7 Å². The van der Waals surface area contributed by atoms with Gasteiger partial charge in [0.15, 0.2) is 0 Å². The summed E-state index contributed by atoms with van der Waals surface area (Å²) in [5, 5.41) is 22.1. The maximum absolute atomic E-state index is 9.32. The van der Waals surface area contributed by atoms with Crippen LogP contribution in [-0.4, -0.2) is 24.8 Å². The summed E-state index contributed by atoms with van der Waals surface area (Å²) in [7, 11) is 1.75. The van der Waals surface area contributed by atoms with E-state index in [1.807, 2.05) is 16.8 Å². The van der Waals surface area contributed by atoms with Crippen LogP contribution in [0, 0.1) is 23.7 Å². The van der Waals surface area contributed by atoms with E-state index in [-0.39, 0.29) is 5.41 Å². The molecule has 0 radical (unpaired) electrons. The van der Waals surface area contributed by atoms with Gasteiger partial charge in [-0.1, -0.05) is 26.0 Å². The summed E-state index contributed by atoms with van der Waals surface area (Å²) in [6.45, 7) is 9.00. The molecule has 2 heterocycles. The Kier molecular flexibility index (Phi) is 4.29. The van der Waals surface area contributed by atoms with Crippen LogP contribution in [0.3, 0.4) is 0 Å². The van der Waals surface area contributed by atoms with Crippen molar-refractivity contribution in [1.82, 2.24) is 24.8 Å². The molecule has 0 fully saturated rings. The van der Waals surface area contributed by atoms with Crippen LogP contribution in [0.2, 0.25) is 0 Å². The average Bonchev–Trinajstić information content (AvgIpc) is 3.02. The minimum Gasteiger partial charge on any atom is -0.437 e. The zero-order valence-corrected chi connectivity index (χ0v) is 16.4. The van der Waals surface area contributed by atoms with Gasteiger partial charge in [0.2, 0.25) is 5.88 Å². The van der Waals surface area contributed by atoms with Crippen LogP contribution in [0.1, 0.15) is 32.0 Å². The third-order valence-electron chi connectivity index (χ3n) is 3.70. The Labute approximate surface area is 154 Å². The second kappa shape index (κ2) is 6.15. The number of aryl methyl sites for hydroxylation is 2. The summed E-state index contributed by atoms with van der Waals surface area (Å²) in [5.74, 6) is 0.969. The summed E-state index contributed by atoms with van der Waals surface area (Å²) in [5.41, 5.74) is 2.80. The van der Waals surface area contributed by atoms with E-state index in [9.17, 15) is 5.26 Å². The normalized spacial score (nSPS) is 11.7. The molecule has 0 aliphatic heterocycles. The van der Waals surface area contributed by atoms with Crippen LogP contribution in [-0.2, 0) is 13.6 Å². The molecule has 0 bridgehead atoms. The molecule has 2 aromatic heterocycles. The molecule has 0 amide bonds. The van der Waals surface area contributed by atoms with Gasteiger partial charge in [-0.25, -0.2) is 9.36 Å². The Morgan fingerprint density at radius 2 is 2.04 bits per heavy atom. The largest absolute Gasteiger partial charge is 0.437 e. The first-order valence-electron chi connectivity index (χ1n) is 7.84. The lowest BCUT2D eigenvalue weighted by atomic mass is 9.97. The fraction of sp³-hybridized carbons (Fsp3) is 0.412. The highest BCUT2D eigenvalue weighted by atomic mass is 79.9. The molecule has 0 unspecified atom stereocenters. The number of fused-ring (bicyclic) bond motifs is 1. The van der Waals surface area contributed by atoms with Gasteiger partial charge in [-0.3, -0.25) is 0 Å². The van der Waals surface area contributed by atoms with Gasteiger partial charge >= 0.3 is 0 Å². The molecule has 3 aromatic rings. The van der Waals surface area contributed by atoms with Crippen molar-refractivity contribution in [3.05, 3.63) is 27.9 Å². The van der Waals surface area contributed by atoms with Crippen molar-refractivity contribution in [2.45, 2.75) is 34.2 Å². The fourth-order valence-electron chi connectivity index (χ4n) is 2.62. The molecule has 1 aromatic carbocycles. The maximum atomic E-state index is 9.32. The summed E-state index contributed by atoms with van der Waals surface area (Å²) in [4.78, 5) is 0. The van der Waals surface area contributed by atoms with Crippen molar-refractivity contribution < 1.29 is 4.74 Å². The van der Waals surface area contributed by atoms with Crippen molar-refractivity contribution in [3.63, 3.8) is 0 Å². The van der Waals surface area contributed by atoms with Crippen LogP contribution in [0.5, 0.6) is 11.6 Å². The number of aromatic nitrogens is 5. The van der Waals surface area contributed by atoms with Crippen molar-refractivity contribution in [1.29, 1.82) is 5.26 Å². The lowest BCUT2D eigenvalue weighted by Gasteiger charge is -2.18. The Bertz CT molecular complexity index is 989. The predicted octanol–water partition coefficient (Wildman–Crippen LogP) is 3.95. The van der Waals surface area contributed by atoms with Gasteiger partial charge in [0, 0.05) is 13.6 Å². The molecule has 0 aliphatic rings. The molecule has 0 spiro atoms. The monoisotopic (exact) mass is 402 g/mol. The molecule has 0 aliphatic carbocycles. The standard InChI is InChI=1S/C17H19BrN6O/c1-10-11(8-19)16(23(5)21-10)25-13-7-6-12-15(14(13)18)20-22-24(12)9-17(2,3)4/h6-7H,9H2,1-5H3. The van der Waals surface area contributed by atoms with E-state index in [0.717, 1.165) is 17.6 Å². The Morgan fingerprint density at radius 1 is 1.32 bits per heavy atom. The predicted molar refractivity (Wildman–Crippen MR) is 97.4 cm³/mol. The van der Waals surface area contributed by atoms with E-state index in [1.54, 1.807) is 18.7 Å². The third kappa shape index (κ3) is 3.24. The van der Waals surface area contributed by atoms with Crippen molar-refractivity contribution >= 4 is 27.0 Å². The van der Waals surface area contributed by atoms with Crippen LogP contribution in [0.25, 0.3) is 11.0 Å². The molecular weight excluding hydrogens is 384 g/mol. The lowest BCUT2D eigenvalue weighted by molar-refractivity contribution is 0.327. The lowest BCUT2D eigenvalue weighted by Crippen LogP contribution is -2.16. The van der Waals surface area contributed by atoms with Gasteiger partial charge in [-0.05, 0) is 40.4 Å². The number of nitrogens with zero attached hydrogens (tertiary/aromatic N) is 6. The Hall–Kier alpha value is -2.40. The van der Waals surface area contributed by atoms with E-state index >= 15 is 0 Å². The van der Waals surface area contributed by atoms with E-state index in [1.165, 1.54) is 0 Å². The van der Waals surface area contributed by atoms with E-state index < -0.39 is 0 Å². The van der Waals surface area contributed by atoms with Crippen molar-refractivity contribution in [2.75, 3.05) is 0 Å². The summed E-state index contributed by atoms with van der Waals surface area (Å²) >= 11 is 3.56. The SMILES string of the molecule is Cc1nn(C)c(Oc2ccc3c(nnn3CC(C)(C)C)c2Br)c1C#N. The number of rotatable bonds is 3. The highest BCUT2D eigenvalue weighted by Crippen LogP contribution is 2.36. The molecule has 0 saturated carbocycles. The number of halogens is 1. The molecule has 130 valence electrons. The van der Waals surface area contributed by atoms with Crippen LogP contribution < -0.4 is 4.74 Å². The van der Waals surface area contributed by atoms with Crippen LogP contribution in [0.4, 0.5) is 0 Å². The van der Waals surface area contributed by atoms with E-state index in [2.05, 4.69) is 58.2 Å². The quantitative estimate of drug-likeness (QED) is 0.662. The Balaban J connectivity index is 2.03. The second-order valence-corrected chi connectivity index (χ2v) is 7.95. The number of nitriles is 1. The van der Waals surface area contributed by atoms with Gasteiger partial charge in [-0.15, -0.1) is 5.10 Å². The minimum absolute atomic E-state index is 0.0935. The zero-order chi connectivity index (χ0) is 18.4. The maximum Gasteiger partial charge on any atom is 0.235 e. The summed E-state index contributed by atoms with van der Waals surface area (Å²) in [6, 6.07) is 5.91. The molecule has 8 heteroatoms. The zero-order valence-electron chi connectivity index (χ0n) is 14.8. The fourth-order valence-corrected chi connectivity index (χ4v) is 3.11. The highest BCUT2D eigenvalue weighted by Gasteiger charge is 2.20. The minimum atomic E-state index is 0.0935. The van der Waals surface area contributed by atoms with Crippen molar-refractivity contribution in [3.8, 4) is 17.7 Å². The number of ether oxygens (including phenoxy) is 1. The van der Waals surface area contributed by atoms with E-state index in [0.29, 0.717) is 27.4 Å². The summed E-state index contributed by atoms with van der Waals surface area (Å²) < 4.78 is 10.1. The molecule has 0 atom stereocenters. The molecule has 7 nitrogen and oxygen atoms in total. The first-order valence-corrected chi connectivity index (χ1v) is 8.64. The summed E-state index contributed by atoms with van der Waals surface area (Å²) in [6.07, 6.45) is 0. The number of benzene rings is 1. The topological polar surface area (TPSA) is 81.5 Å². The average molecular weight is 403 g/mol. The smallest absolute Gasteiger partial charge is 0.235 e. The molecule has 25 heavy (non-hydrogen) atoms. The molecule has 0 N–H and O–H groups in total. The van der Waals surface area contributed by atoms with Gasteiger partial charge in [0.1, 0.15) is 22.9 Å². The Morgan fingerprint density at radius 3 is 2.68 bits per heavy atom. The molecule has 3 rings (SSSR count). The number of hydrogen-bond acceptors (Lipinski definition) is 5. The van der Waals surface area contributed by atoms with Crippen LogP contribution in [0.15, 0.2) is 16.6 Å². The number of hydrogen-bond donors (Lipinski definition) is 0. The third-order valence-corrected chi connectivity index (χ3v) is 4.47. The second-order valence-electron chi connectivity index (χ2n) is 7.16. The van der Waals surface area contributed by atoms with Crippen LogP contribution >= 0.6 is 15.9 Å². The highest BCUT2D eigenvalue weighted by molar-refractivity contribution is 9.10. The van der Waals surface area contributed by atoms with Gasteiger partial charge in [0.25, 0.3) is 0 Å². The van der Waals surface area contributed by atoms with Crippen molar-refractivity contribution in [2.24, 2.45) is 12.5 Å².